The minimum atomic E-state index is -0.959. The molecule has 0 bridgehead atoms. The van der Waals surface area contributed by atoms with Gasteiger partial charge in [-0.2, -0.15) is 9.78 Å². The SMILES string of the molecule is Clc1cccc(N2COOC3(CCCCC3)OOCN(c3cccc(Cl)c3)CN(c3ccccc3Br)C2)c1. The van der Waals surface area contributed by atoms with Crippen LogP contribution in [0.25, 0.3) is 0 Å². The van der Waals surface area contributed by atoms with E-state index in [-0.39, 0.29) is 13.5 Å². The number of halogens is 3. The van der Waals surface area contributed by atoms with Gasteiger partial charge < -0.3 is 14.7 Å². The lowest BCUT2D eigenvalue weighted by Crippen LogP contribution is -2.48. The summed E-state index contributed by atoms with van der Waals surface area (Å²) in [5.74, 6) is -0.959. The predicted octanol–water partition coefficient (Wildman–Crippen LogP) is 7.98. The lowest BCUT2D eigenvalue weighted by molar-refractivity contribution is -0.516. The zero-order valence-electron chi connectivity index (χ0n) is 20.9. The third-order valence-electron chi connectivity index (χ3n) is 6.68. The van der Waals surface area contributed by atoms with E-state index in [0.29, 0.717) is 36.2 Å². The second kappa shape index (κ2) is 12.9. The third kappa shape index (κ3) is 6.93. The fourth-order valence-electron chi connectivity index (χ4n) is 4.72. The molecule has 2 aliphatic rings. The summed E-state index contributed by atoms with van der Waals surface area (Å²) in [5, 5.41) is 1.28. The molecule has 1 saturated carbocycles. The molecule has 1 aliphatic heterocycles. The Bertz CT molecular complexity index is 1150. The molecular formula is C28H30BrCl2N3O4. The van der Waals surface area contributed by atoms with Gasteiger partial charge in [0.2, 0.25) is 5.79 Å². The fourth-order valence-corrected chi connectivity index (χ4v) is 5.63. The Balaban J connectivity index is 1.52. The van der Waals surface area contributed by atoms with Crippen LogP contribution in [0, 0.1) is 0 Å². The van der Waals surface area contributed by atoms with E-state index < -0.39 is 5.79 Å². The minimum absolute atomic E-state index is 0.156. The quantitative estimate of drug-likeness (QED) is 0.274. The van der Waals surface area contributed by atoms with Crippen molar-refractivity contribution in [2.24, 2.45) is 0 Å². The van der Waals surface area contributed by atoms with Crippen LogP contribution < -0.4 is 14.7 Å². The van der Waals surface area contributed by atoms with Crippen LogP contribution in [0.3, 0.4) is 0 Å². The van der Waals surface area contributed by atoms with Crippen molar-refractivity contribution in [3.05, 3.63) is 87.3 Å². The van der Waals surface area contributed by atoms with Crippen LogP contribution in [0.2, 0.25) is 10.0 Å². The van der Waals surface area contributed by atoms with Crippen molar-refractivity contribution in [2.45, 2.75) is 37.9 Å². The molecule has 1 aliphatic carbocycles. The van der Waals surface area contributed by atoms with Gasteiger partial charge >= 0.3 is 0 Å². The van der Waals surface area contributed by atoms with E-state index in [1.54, 1.807) is 0 Å². The van der Waals surface area contributed by atoms with E-state index in [2.05, 4.69) is 36.7 Å². The lowest BCUT2D eigenvalue weighted by atomic mass is 9.94. The first-order valence-electron chi connectivity index (χ1n) is 12.6. The monoisotopic (exact) mass is 621 g/mol. The number of hydrogen-bond acceptors (Lipinski definition) is 7. The summed E-state index contributed by atoms with van der Waals surface area (Å²) < 4.78 is 0.958. The molecule has 0 unspecified atom stereocenters. The number of rotatable bonds is 3. The highest BCUT2D eigenvalue weighted by Crippen LogP contribution is 2.35. The molecule has 202 valence electrons. The van der Waals surface area contributed by atoms with Crippen LogP contribution in [0.1, 0.15) is 32.1 Å². The molecule has 0 N–H and O–H groups in total. The number of nitrogens with zero attached hydrogens (tertiary/aromatic N) is 3. The van der Waals surface area contributed by atoms with Gasteiger partial charge in [0.25, 0.3) is 0 Å². The van der Waals surface area contributed by atoms with Gasteiger partial charge in [0, 0.05) is 38.7 Å². The smallest absolute Gasteiger partial charge is 0.234 e. The van der Waals surface area contributed by atoms with Crippen molar-refractivity contribution in [1.82, 2.24) is 0 Å². The maximum absolute atomic E-state index is 6.38. The van der Waals surface area contributed by atoms with Crippen LogP contribution in [0.5, 0.6) is 0 Å². The fraction of sp³-hybridized carbons (Fsp3) is 0.357. The average Bonchev–Trinajstić information content (AvgIpc) is 2.91. The van der Waals surface area contributed by atoms with Gasteiger partial charge in [0.05, 0.1) is 19.0 Å². The van der Waals surface area contributed by atoms with Crippen molar-refractivity contribution in [3.63, 3.8) is 0 Å². The third-order valence-corrected chi connectivity index (χ3v) is 7.82. The highest BCUT2D eigenvalue weighted by Gasteiger charge is 2.38. The number of para-hydroxylation sites is 1. The van der Waals surface area contributed by atoms with Crippen molar-refractivity contribution in [2.75, 3.05) is 41.5 Å². The molecule has 7 nitrogen and oxygen atoms in total. The zero-order valence-corrected chi connectivity index (χ0v) is 24.0. The molecule has 0 amide bonds. The molecule has 10 heteroatoms. The Morgan fingerprint density at radius 3 is 1.74 bits per heavy atom. The van der Waals surface area contributed by atoms with Gasteiger partial charge in [0.1, 0.15) is 0 Å². The van der Waals surface area contributed by atoms with Crippen LogP contribution in [-0.4, -0.2) is 32.6 Å². The van der Waals surface area contributed by atoms with Crippen LogP contribution in [0.15, 0.2) is 77.3 Å². The lowest BCUT2D eigenvalue weighted by Gasteiger charge is -2.40. The van der Waals surface area contributed by atoms with Crippen molar-refractivity contribution in [3.8, 4) is 0 Å². The Morgan fingerprint density at radius 2 is 1.21 bits per heavy atom. The van der Waals surface area contributed by atoms with E-state index in [4.69, 9.17) is 42.8 Å². The average molecular weight is 623 g/mol. The maximum Gasteiger partial charge on any atom is 0.234 e. The standard InChI is InChI=1S/C28H30BrCl2N3O4/c29-26-12-2-3-13-27(26)32-18-33(24-10-6-8-22(30)16-24)20-35-37-28(14-4-1-5-15-28)38-36-21-34(19-32)25-11-7-9-23(31)17-25/h2-3,6-13,16-17H,1,4-5,14-15,18-21H2. The van der Waals surface area contributed by atoms with Gasteiger partial charge in [-0.15, -0.1) is 0 Å². The summed E-state index contributed by atoms with van der Waals surface area (Å²) >= 11 is 16.5. The molecule has 5 rings (SSSR count). The second-order valence-electron chi connectivity index (χ2n) is 9.45. The first kappa shape index (κ1) is 27.5. The molecule has 0 aromatic heterocycles. The first-order valence-corrected chi connectivity index (χ1v) is 14.2. The zero-order chi connectivity index (χ0) is 26.4. The molecule has 3 aromatic rings. The summed E-state index contributed by atoms with van der Waals surface area (Å²) in [7, 11) is 0. The summed E-state index contributed by atoms with van der Waals surface area (Å²) in [6, 6.07) is 23.5. The van der Waals surface area contributed by atoms with Crippen molar-refractivity contribution in [1.29, 1.82) is 0 Å². The number of anilines is 3. The van der Waals surface area contributed by atoms with Gasteiger partial charge in [-0.3, -0.25) is 0 Å². The molecule has 1 heterocycles. The van der Waals surface area contributed by atoms with E-state index in [1.807, 2.05) is 66.7 Å². The Labute approximate surface area is 241 Å². The van der Waals surface area contributed by atoms with Crippen molar-refractivity contribution < 1.29 is 19.6 Å². The molecule has 38 heavy (non-hydrogen) atoms. The molecule has 1 spiro atoms. The molecule has 0 radical (unpaired) electrons. The Morgan fingerprint density at radius 1 is 0.658 bits per heavy atom. The molecule has 0 atom stereocenters. The number of benzene rings is 3. The highest BCUT2D eigenvalue weighted by molar-refractivity contribution is 9.10. The largest absolute Gasteiger partial charge is 0.335 e. The van der Waals surface area contributed by atoms with E-state index in [9.17, 15) is 0 Å². The van der Waals surface area contributed by atoms with Crippen LogP contribution in [0.4, 0.5) is 17.1 Å². The van der Waals surface area contributed by atoms with E-state index in [1.165, 1.54) is 0 Å². The summed E-state index contributed by atoms with van der Waals surface area (Å²) in [4.78, 5) is 30.0. The first-order chi connectivity index (χ1) is 18.5. The molecule has 2 fully saturated rings. The molecule has 1 saturated heterocycles. The predicted molar refractivity (Wildman–Crippen MR) is 154 cm³/mol. The second-order valence-corrected chi connectivity index (χ2v) is 11.2. The van der Waals surface area contributed by atoms with E-state index >= 15 is 0 Å². The van der Waals surface area contributed by atoms with Gasteiger partial charge in [0.15, 0.2) is 13.5 Å². The maximum atomic E-state index is 6.38. The van der Waals surface area contributed by atoms with Crippen molar-refractivity contribution >= 4 is 56.2 Å². The Kier molecular flexibility index (Phi) is 9.33. The minimum Gasteiger partial charge on any atom is -0.335 e. The highest BCUT2D eigenvalue weighted by atomic mass is 79.9. The van der Waals surface area contributed by atoms with E-state index in [0.717, 1.165) is 40.8 Å². The van der Waals surface area contributed by atoms with Gasteiger partial charge in [-0.1, -0.05) is 53.9 Å². The summed E-state index contributed by atoms with van der Waals surface area (Å²) in [5.41, 5.74) is 2.80. The van der Waals surface area contributed by atoms with Gasteiger partial charge in [-0.05, 0) is 77.3 Å². The molecule has 3 aromatic carbocycles. The Hall–Kier alpha value is -2.04. The molecular weight excluding hydrogens is 593 g/mol. The summed E-state index contributed by atoms with van der Waals surface area (Å²) in [6.45, 7) is 1.25. The number of hydrogen-bond donors (Lipinski definition) is 0. The van der Waals surface area contributed by atoms with Gasteiger partial charge in [-0.25, -0.2) is 9.78 Å². The normalized spacial score (nSPS) is 19.2. The summed E-state index contributed by atoms with van der Waals surface area (Å²) in [6.07, 6.45) is 4.44. The van der Waals surface area contributed by atoms with Crippen LogP contribution in [-0.2, 0) is 19.6 Å². The van der Waals surface area contributed by atoms with Crippen LogP contribution >= 0.6 is 39.1 Å². The topological polar surface area (TPSA) is 46.6 Å².